The van der Waals surface area contributed by atoms with Crippen molar-refractivity contribution in [2.75, 3.05) is 13.1 Å². The molecule has 2 atom stereocenters. The number of halogens is 1. The van der Waals surface area contributed by atoms with E-state index >= 15 is 0 Å². The van der Waals surface area contributed by atoms with E-state index in [1.165, 1.54) is 6.20 Å². The zero-order valence-electron chi connectivity index (χ0n) is 8.43. The molecule has 1 aliphatic heterocycles. The summed E-state index contributed by atoms with van der Waals surface area (Å²) in [5.74, 6) is 0.544. The average Bonchev–Trinajstić information content (AvgIpc) is 2.59. The number of nitrogens with zero attached hydrogens (tertiary/aromatic N) is 3. The van der Waals surface area contributed by atoms with Crippen LogP contribution in [0.1, 0.15) is 17.3 Å². The SMILES string of the molecule is CC1CN(C(=O)c2ccnnc2)CC1Br. The molecule has 0 saturated carbocycles. The number of alkyl halides is 1. The minimum absolute atomic E-state index is 0.0405. The molecule has 0 aliphatic carbocycles. The summed E-state index contributed by atoms with van der Waals surface area (Å²) in [6.07, 6.45) is 3.05. The van der Waals surface area contributed by atoms with E-state index in [1.807, 2.05) is 4.90 Å². The van der Waals surface area contributed by atoms with E-state index < -0.39 is 0 Å². The molecule has 2 heterocycles. The van der Waals surface area contributed by atoms with Crippen LogP contribution in [0.3, 0.4) is 0 Å². The molecule has 1 aromatic heterocycles. The van der Waals surface area contributed by atoms with Crippen LogP contribution in [0, 0.1) is 5.92 Å². The van der Waals surface area contributed by atoms with Gasteiger partial charge in [-0.2, -0.15) is 10.2 Å². The topological polar surface area (TPSA) is 46.1 Å². The van der Waals surface area contributed by atoms with Crippen LogP contribution >= 0.6 is 15.9 Å². The summed E-state index contributed by atoms with van der Waals surface area (Å²) in [5.41, 5.74) is 0.610. The Morgan fingerprint density at radius 2 is 2.33 bits per heavy atom. The molecular weight excluding hydrogens is 258 g/mol. The minimum atomic E-state index is 0.0405. The van der Waals surface area contributed by atoms with E-state index in [2.05, 4.69) is 33.1 Å². The molecule has 1 saturated heterocycles. The van der Waals surface area contributed by atoms with Crippen LogP contribution < -0.4 is 0 Å². The van der Waals surface area contributed by atoms with E-state index in [4.69, 9.17) is 0 Å². The number of carbonyl (C=O) groups is 1. The van der Waals surface area contributed by atoms with Crippen LogP contribution in [-0.4, -0.2) is 38.9 Å². The number of rotatable bonds is 1. The lowest BCUT2D eigenvalue weighted by atomic mass is 10.2. The van der Waals surface area contributed by atoms with Crippen molar-refractivity contribution in [1.29, 1.82) is 0 Å². The predicted molar refractivity (Wildman–Crippen MR) is 59.8 cm³/mol. The number of aromatic nitrogens is 2. The zero-order chi connectivity index (χ0) is 10.8. The number of hydrogen-bond donors (Lipinski definition) is 0. The summed E-state index contributed by atoms with van der Waals surface area (Å²) in [6, 6.07) is 1.70. The number of amides is 1. The second-order valence-corrected chi connectivity index (χ2v) is 5.01. The molecule has 1 fully saturated rings. The third kappa shape index (κ3) is 2.17. The molecule has 0 spiro atoms. The molecule has 0 aromatic carbocycles. The molecule has 2 unspecified atom stereocenters. The normalized spacial score (nSPS) is 25.6. The highest BCUT2D eigenvalue weighted by Gasteiger charge is 2.30. The van der Waals surface area contributed by atoms with Gasteiger partial charge < -0.3 is 4.90 Å². The van der Waals surface area contributed by atoms with Gasteiger partial charge in [0.1, 0.15) is 0 Å². The van der Waals surface area contributed by atoms with Crippen molar-refractivity contribution in [1.82, 2.24) is 15.1 Å². The highest BCUT2D eigenvalue weighted by Crippen LogP contribution is 2.24. The first-order chi connectivity index (χ1) is 7.18. The quantitative estimate of drug-likeness (QED) is 0.723. The Morgan fingerprint density at radius 1 is 1.53 bits per heavy atom. The summed E-state index contributed by atoms with van der Waals surface area (Å²) in [7, 11) is 0. The Bertz CT molecular complexity index is 347. The van der Waals surface area contributed by atoms with Gasteiger partial charge in [-0.25, -0.2) is 0 Å². The van der Waals surface area contributed by atoms with Gasteiger partial charge in [0.2, 0.25) is 0 Å². The van der Waals surface area contributed by atoms with Crippen molar-refractivity contribution in [2.45, 2.75) is 11.8 Å². The van der Waals surface area contributed by atoms with Crippen molar-refractivity contribution in [2.24, 2.45) is 5.92 Å². The molecule has 2 rings (SSSR count). The fourth-order valence-corrected chi connectivity index (χ4v) is 2.21. The van der Waals surface area contributed by atoms with Crippen molar-refractivity contribution in [3.63, 3.8) is 0 Å². The molecule has 1 aromatic rings. The second-order valence-electron chi connectivity index (χ2n) is 3.83. The number of hydrogen-bond acceptors (Lipinski definition) is 3. The Balaban J connectivity index is 2.10. The summed E-state index contributed by atoms with van der Waals surface area (Å²) < 4.78 is 0. The smallest absolute Gasteiger partial charge is 0.255 e. The second kappa shape index (κ2) is 4.26. The molecule has 80 valence electrons. The van der Waals surface area contributed by atoms with E-state index in [0.29, 0.717) is 16.3 Å². The van der Waals surface area contributed by atoms with Gasteiger partial charge in [-0.3, -0.25) is 4.79 Å². The first kappa shape index (κ1) is 10.5. The average molecular weight is 270 g/mol. The van der Waals surface area contributed by atoms with Crippen molar-refractivity contribution >= 4 is 21.8 Å². The van der Waals surface area contributed by atoms with Crippen molar-refractivity contribution < 1.29 is 4.79 Å². The fraction of sp³-hybridized carbons (Fsp3) is 0.500. The van der Waals surface area contributed by atoms with Gasteiger partial charge in [0.15, 0.2) is 0 Å². The van der Waals surface area contributed by atoms with E-state index in [1.54, 1.807) is 12.3 Å². The maximum atomic E-state index is 12.0. The first-order valence-electron chi connectivity index (χ1n) is 4.88. The molecule has 0 radical (unpaired) electrons. The maximum absolute atomic E-state index is 12.0. The van der Waals surface area contributed by atoms with Gasteiger partial charge in [-0.05, 0) is 12.0 Å². The van der Waals surface area contributed by atoms with Gasteiger partial charge >= 0.3 is 0 Å². The Hall–Kier alpha value is -0.970. The maximum Gasteiger partial charge on any atom is 0.255 e. The fourth-order valence-electron chi connectivity index (χ4n) is 1.69. The molecule has 1 amide bonds. The number of carbonyl (C=O) groups excluding carboxylic acids is 1. The van der Waals surface area contributed by atoms with Gasteiger partial charge in [0.05, 0.1) is 18.0 Å². The Morgan fingerprint density at radius 3 is 2.87 bits per heavy atom. The van der Waals surface area contributed by atoms with Gasteiger partial charge in [-0.1, -0.05) is 22.9 Å². The summed E-state index contributed by atoms with van der Waals surface area (Å²) in [5, 5.41) is 7.36. The molecular formula is C10H12BrN3O. The van der Waals surface area contributed by atoms with Crippen molar-refractivity contribution in [3.05, 3.63) is 24.0 Å². The van der Waals surface area contributed by atoms with Crippen molar-refractivity contribution in [3.8, 4) is 0 Å². The standard InChI is InChI=1S/C10H12BrN3O/c1-7-5-14(6-9(7)11)10(15)8-2-3-12-13-4-8/h2-4,7,9H,5-6H2,1H3. The Kier molecular flexibility index (Phi) is 3.00. The lowest BCUT2D eigenvalue weighted by Crippen LogP contribution is -2.29. The van der Waals surface area contributed by atoms with E-state index in [-0.39, 0.29) is 5.91 Å². The molecule has 0 bridgehead atoms. The third-order valence-corrected chi connectivity index (χ3v) is 3.83. The Labute approximate surface area is 96.8 Å². The predicted octanol–water partition coefficient (Wildman–Crippen LogP) is 1.33. The first-order valence-corrected chi connectivity index (χ1v) is 5.80. The molecule has 4 nitrogen and oxygen atoms in total. The van der Waals surface area contributed by atoms with Gasteiger partial charge in [0.25, 0.3) is 5.91 Å². The third-order valence-electron chi connectivity index (χ3n) is 2.64. The van der Waals surface area contributed by atoms with Crippen LogP contribution in [0.4, 0.5) is 0 Å². The molecule has 0 N–H and O–H groups in total. The van der Waals surface area contributed by atoms with Crippen LogP contribution in [-0.2, 0) is 0 Å². The molecule has 15 heavy (non-hydrogen) atoms. The zero-order valence-corrected chi connectivity index (χ0v) is 10.0. The van der Waals surface area contributed by atoms with Crippen LogP contribution in [0.2, 0.25) is 0 Å². The summed E-state index contributed by atoms with van der Waals surface area (Å²) >= 11 is 3.56. The van der Waals surface area contributed by atoms with Gasteiger partial charge in [-0.15, -0.1) is 0 Å². The van der Waals surface area contributed by atoms with E-state index in [9.17, 15) is 4.79 Å². The van der Waals surface area contributed by atoms with E-state index in [0.717, 1.165) is 13.1 Å². The largest absolute Gasteiger partial charge is 0.337 e. The lowest BCUT2D eigenvalue weighted by Gasteiger charge is -2.15. The summed E-state index contributed by atoms with van der Waals surface area (Å²) in [6.45, 7) is 3.71. The molecule has 5 heteroatoms. The molecule has 1 aliphatic rings. The highest BCUT2D eigenvalue weighted by atomic mass is 79.9. The van der Waals surface area contributed by atoms with Crippen LogP contribution in [0.25, 0.3) is 0 Å². The van der Waals surface area contributed by atoms with Crippen LogP contribution in [0.15, 0.2) is 18.5 Å². The minimum Gasteiger partial charge on any atom is -0.337 e. The highest BCUT2D eigenvalue weighted by molar-refractivity contribution is 9.09. The van der Waals surface area contributed by atoms with Gasteiger partial charge in [0, 0.05) is 17.9 Å². The summed E-state index contributed by atoms with van der Waals surface area (Å²) in [4.78, 5) is 14.2. The lowest BCUT2D eigenvalue weighted by molar-refractivity contribution is 0.0788. The number of likely N-dealkylation sites (tertiary alicyclic amines) is 1. The van der Waals surface area contributed by atoms with Crippen LogP contribution in [0.5, 0.6) is 0 Å². The monoisotopic (exact) mass is 269 g/mol.